The number of methoxy groups -OCH3 is 1. The van der Waals surface area contributed by atoms with E-state index >= 15 is 0 Å². The summed E-state index contributed by atoms with van der Waals surface area (Å²) in [5.74, 6) is -0.711. The van der Waals surface area contributed by atoms with Crippen LogP contribution in [0.4, 0.5) is 26.3 Å². The molecule has 23 heavy (non-hydrogen) atoms. The van der Waals surface area contributed by atoms with Crippen molar-refractivity contribution in [3.8, 4) is 22.8 Å². The van der Waals surface area contributed by atoms with E-state index in [1.165, 1.54) is 19.2 Å². The quantitative estimate of drug-likeness (QED) is 0.763. The van der Waals surface area contributed by atoms with Crippen molar-refractivity contribution >= 4 is 0 Å². The molecule has 2 aromatic rings. The van der Waals surface area contributed by atoms with Gasteiger partial charge in [0.25, 0.3) is 0 Å². The Bertz CT molecular complexity index is 696. The molecule has 0 saturated heterocycles. The average molecular weight is 337 g/mol. The highest BCUT2D eigenvalue weighted by Gasteiger charge is 2.33. The van der Waals surface area contributed by atoms with E-state index in [0.717, 1.165) is 18.2 Å². The molecule has 2 rings (SSSR count). The zero-order valence-corrected chi connectivity index (χ0v) is 11.5. The molecule has 0 aliphatic rings. The van der Waals surface area contributed by atoms with Crippen LogP contribution in [0.15, 0.2) is 36.5 Å². The molecular weight excluding hydrogens is 328 g/mol. The van der Waals surface area contributed by atoms with Crippen molar-refractivity contribution in [1.82, 2.24) is 4.98 Å². The molecule has 0 fully saturated rings. The standard InChI is InChI=1S/C14H9F6NO2/c1-22-12-11(6-9(7-21-12)13(15,16)17)8-3-2-4-10(5-8)23-14(18,19)20/h2-7H,1H3. The number of ether oxygens (including phenoxy) is 2. The number of nitrogens with zero attached hydrogens (tertiary/aromatic N) is 1. The lowest BCUT2D eigenvalue weighted by Gasteiger charge is -2.13. The topological polar surface area (TPSA) is 31.4 Å². The van der Waals surface area contributed by atoms with Crippen LogP contribution in [0.1, 0.15) is 5.56 Å². The molecular formula is C14H9F6NO2. The largest absolute Gasteiger partial charge is 0.573 e. The van der Waals surface area contributed by atoms with E-state index in [9.17, 15) is 26.3 Å². The van der Waals surface area contributed by atoms with E-state index < -0.39 is 23.9 Å². The Hall–Kier alpha value is -2.45. The molecule has 9 heteroatoms. The van der Waals surface area contributed by atoms with Crippen LogP contribution >= 0.6 is 0 Å². The number of rotatable bonds is 3. The molecule has 3 nitrogen and oxygen atoms in total. The molecule has 1 aromatic heterocycles. The molecule has 0 radical (unpaired) electrons. The molecule has 0 unspecified atom stereocenters. The number of benzene rings is 1. The number of aromatic nitrogens is 1. The maximum Gasteiger partial charge on any atom is 0.573 e. The summed E-state index contributed by atoms with van der Waals surface area (Å²) >= 11 is 0. The lowest BCUT2D eigenvalue weighted by molar-refractivity contribution is -0.274. The van der Waals surface area contributed by atoms with E-state index in [2.05, 4.69) is 9.72 Å². The summed E-state index contributed by atoms with van der Waals surface area (Å²) in [7, 11) is 1.19. The first-order valence-electron chi connectivity index (χ1n) is 6.07. The molecule has 0 aliphatic heterocycles. The maximum absolute atomic E-state index is 12.8. The first-order chi connectivity index (χ1) is 10.6. The van der Waals surface area contributed by atoms with Crippen molar-refractivity contribution in [2.24, 2.45) is 0 Å². The van der Waals surface area contributed by atoms with Gasteiger partial charge in [-0.3, -0.25) is 0 Å². The molecule has 1 aromatic carbocycles. The van der Waals surface area contributed by atoms with Crippen LogP contribution in [0.5, 0.6) is 11.6 Å². The first kappa shape index (κ1) is 16.9. The van der Waals surface area contributed by atoms with E-state index in [1.54, 1.807) is 0 Å². The predicted molar refractivity (Wildman–Crippen MR) is 67.9 cm³/mol. The van der Waals surface area contributed by atoms with E-state index in [1.807, 2.05) is 0 Å². The highest BCUT2D eigenvalue weighted by atomic mass is 19.4. The Balaban J connectivity index is 2.50. The molecule has 1 heterocycles. The second kappa shape index (κ2) is 5.98. The van der Waals surface area contributed by atoms with Gasteiger partial charge < -0.3 is 9.47 Å². The first-order valence-corrected chi connectivity index (χ1v) is 6.07. The van der Waals surface area contributed by atoms with Gasteiger partial charge in [-0.05, 0) is 23.8 Å². The molecule has 0 spiro atoms. The van der Waals surface area contributed by atoms with Crippen molar-refractivity contribution in [2.45, 2.75) is 12.5 Å². The maximum atomic E-state index is 12.8. The molecule has 0 saturated carbocycles. The summed E-state index contributed by atoms with van der Waals surface area (Å²) in [6.07, 6.45) is -8.97. The van der Waals surface area contributed by atoms with Crippen LogP contribution in [0, 0.1) is 0 Å². The fraction of sp³-hybridized carbons (Fsp3) is 0.214. The highest BCUT2D eigenvalue weighted by Crippen LogP contribution is 2.37. The SMILES string of the molecule is COc1ncc(C(F)(F)F)cc1-c1cccc(OC(F)(F)F)c1. The Morgan fingerprint density at radius 3 is 2.26 bits per heavy atom. The molecule has 124 valence electrons. The number of hydrogen-bond donors (Lipinski definition) is 0. The third kappa shape index (κ3) is 4.27. The molecule has 0 N–H and O–H groups in total. The summed E-state index contributed by atoms with van der Waals surface area (Å²) in [5.41, 5.74) is -1.10. The third-order valence-electron chi connectivity index (χ3n) is 2.75. The number of pyridine rings is 1. The van der Waals surface area contributed by atoms with Gasteiger partial charge in [0.05, 0.1) is 12.7 Å². The average Bonchev–Trinajstić information content (AvgIpc) is 2.44. The van der Waals surface area contributed by atoms with E-state index in [0.29, 0.717) is 6.20 Å². The van der Waals surface area contributed by atoms with Crippen LogP contribution in [-0.4, -0.2) is 18.5 Å². The normalized spacial score (nSPS) is 12.1. The number of alkyl halides is 6. The Morgan fingerprint density at radius 2 is 1.70 bits per heavy atom. The van der Waals surface area contributed by atoms with Crippen molar-refractivity contribution in [2.75, 3.05) is 7.11 Å². The van der Waals surface area contributed by atoms with Gasteiger partial charge in [-0.2, -0.15) is 13.2 Å². The number of hydrogen-bond acceptors (Lipinski definition) is 3. The summed E-state index contributed by atoms with van der Waals surface area (Å²) in [5, 5.41) is 0. The Kier molecular flexibility index (Phi) is 4.39. The van der Waals surface area contributed by atoms with Crippen LogP contribution in [0.25, 0.3) is 11.1 Å². The van der Waals surface area contributed by atoms with Gasteiger partial charge in [-0.25, -0.2) is 4.98 Å². The number of halogens is 6. The van der Waals surface area contributed by atoms with E-state index in [4.69, 9.17) is 4.74 Å². The highest BCUT2D eigenvalue weighted by molar-refractivity contribution is 5.70. The zero-order chi connectivity index (χ0) is 17.3. The zero-order valence-electron chi connectivity index (χ0n) is 11.5. The monoisotopic (exact) mass is 337 g/mol. The minimum absolute atomic E-state index is 0.0437. The minimum atomic E-state index is -4.91. The van der Waals surface area contributed by atoms with Crippen molar-refractivity contribution < 1.29 is 35.8 Å². The molecule has 0 bridgehead atoms. The van der Waals surface area contributed by atoms with Crippen molar-refractivity contribution in [1.29, 1.82) is 0 Å². The van der Waals surface area contributed by atoms with Gasteiger partial charge in [0.1, 0.15) is 5.75 Å². The second-order valence-electron chi connectivity index (χ2n) is 4.35. The van der Waals surface area contributed by atoms with E-state index in [-0.39, 0.29) is 17.0 Å². The molecule has 0 atom stereocenters. The third-order valence-corrected chi connectivity index (χ3v) is 2.75. The summed E-state index contributed by atoms with van der Waals surface area (Å²) in [6, 6.07) is 5.27. The van der Waals surface area contributed by atoms with Crippen molar-refractivity contribution in [3.05, 3.63) is 42.1 Å². The smallest absolute Gasteiger partial charge is 0.481 e. The van der Waals surface area contributed by atoms with Crippen LogP contribution < -0.4 is 9.47 Å². The lowest BCUT2D eigenvalue weighted by Crippen LogP contribution is -2.17. The lowest BCUT2D eigenvalue weighted by atomic mass is 10.0. The van der Waals surface area contributed by atoms with Gasteiger partial charge in [-0.1, -0.05) is 12.1 Å². The van der Waals surface area contributed by atoms with Crippen LogP contribution in [0.2, 0.25) is 0 Å². The summed E-state index contributed by atoms with van der Waals surface area (Å²) in [6.45, 7) is 0. The van der Waals surface area contributed by atoms with Gasteiger partial charge in [-0.15, -0.1) is 13.2 Å². The van der Waals surface area contributed by atoms with Gasteiger partial charge in [0.15, 0.2) is 0 Å². The van der Waals surface area contributed by atoms with Gasteiger partial charge in [0.2, 0.25) is 5.88 Å². The molecule has 0 amide bonds. The van der Waals surface area contributed by atoms with Gasteiger partial charge in [0, 0.05) is 11.8 Å². The Labute approximate surface area is 126 Å². The fourth-order valence-electron chi connectivity index (χ4n) is 1.84. The second-order valence-corrected chi connectivity index (χ2v) is 4.35. The molecule has 0 aliphatic carbocycles. The Morgan fingerprint density at radius 1 is 1.00 bits per heavy atom. The van der Waals surface area contributed by atoms with Crippen molar-refractivity contribution in [3.63, 3.8) is 0 Å². The summed E-state index contributed by atoms with van der Waals surface area (Å²) in [4.78, 5) is 3.54. The van der Waals surface area contributed by atoms with Crippen LogP contribution in [-0.2, 0) is 6.18 Å². The minimum Gasteiger partial charge on any atom is -0.481 e. The van der Waals surface area contributed by atoms with Gasteiger partial charge >= 0.3 is 12.5 Å². The van der Waals surface area contributed by atoms with Crippen LogP contribution in [0.3, 0.4) is 0 Å². The summed E-state index contributed by atoms with van der Waals surface area (Å²) < 4.78 is 83.6. The predicted octanol–water partition coefficient (Wildman–Crippen LogP) is 4.67. The fourth-order valence-corrected chi connectivity index (χ4v) is 1.84.